The lowest BCUT2D eigenvalue weighted by Crippen LogP contribution is -2.56. The first-order valence-electron chi connectivity index (χ1n) is 7.11. The van der Waals surface area contributed by atoms with Crippen LogP contribution in [-0.2, 0) is 19.2 Å². The molecule has 0 aromatic carbocycles. The van der Waals surface area contributed by atoms with E-state index in [9.17, 15) is 24.3 Å². The predicted octanol–water partition coefficient (Wildman–Crippen LogP) is 0.0596. The predicted molar refractivity (Wildman–Crippen MR) is 89.2 cm³/mol. The van der Waals surface area contributed by atoms with Gasteiger partial charge in [0, 0.05) is 13.8 Å². The highest BCUT2D eigenvalue weighted by atomic mass is 32.2. The molecule has 0 bridgehead atoms. The number of thioether (sulfide) groups is 1. The molecule has 3 N–H and O–H groups in total. The SMILES string of the molecule is CC(=O)Nc1nnc(C2=C(C(=O)O)N3C(=O)C[C@H]3SC2NC(C)=O)s1. The average Bonchev–Trinajstić information content (AvgIpc) is 2.92. The number of fused-ring (bicyclic) bond motifs is 1. The van der Waals surface area contributed by atoms with Crippen molar-refractivity contribution in [2.24, 2.45) is 0 Å². The van der Waals surface area contributed by atoms with Crippen molar-refractivity contribution in [2.75, 3.05) is 5.32 Å². The Balaban J connectivity index is 2.09. The van der Waals surface area contributed by atoms with Gasteiger partial charge in [-0.15, -0.1) is 22.0 Å². The van der Waals surface area contributed by atoms with E-state index in [0.717, 1.165) is 11.3 Å². The van der Waals surface area contributed by atoms with Crippen LogP contribution in [0.15, 0.2) is 5.70 Å². The Bertz CT molecular complexity index is 819. The van der Waals surface area contributed by atoms with E-state index in [2.05, 4.69) is 20.8 Å². The molecule has 1 unspecified atom stereocenters. The number of carbonyl (C=O) groups is 4. The molecule has 3 rings (SSSR count). The first kappa shape index (κ1) is 17.4. The molecule has 2 aliphatic heterocycles. The van der Waals surface area contributed by atoms with Crippen LogP contribution >= 0.6 is 23.1 Å². The Morgan fingerprint density at radius 1 is 1.24 bits per heavy atom. The van der Waals surface area contributed by atoms with Crippen molar-refractivity contribution >= 4 is 57.5 Å². The van der Waals surface area contributed by atoms with Crippen LogP contribution in [0.3, 0.4) is 0 Å². The molecule has 25 heavy (non-hydrogen) atoms. The third-order valence-electron chi connectivity index (χ3n) is 3.43. The van der Waals surface area contributed by atoms with E-state index < -0.39 is 11.3 Å². The highest BCUT2D eigenvalue weighted by Crippen LogP contribution is 2.47. The monoisotopic (exact) mass is 383 g/mol. The van der Waals surface area contributed by atoms with Crippen molar-refractivity contribution in [2.45, 2.75) is 31.0 Å². The summed E-state index contributed by atoms with van der Waals surface area (Å²) < 4.78 is 0. The van der Waals surface area contributed by atoms with Crippen molar-refractivity contribution in [3.8, 4) is 0 Å². The largest absolute Gasteiger partial charge is 0.477 e. The Kier molecular flexibility index (Phi) is 4.47. The molecule has 2 aliphatic rings. The van der Waals surface area contributed by atoms with Crippen molar-refractivity contribution in [3.05, 3.63) is 10.7 Å². The van der Waals surface area contributed by atoms with Gasteiger partial charge in [0.05, 0.1) is 17.4 Å². The number of hydrogen-bond donors (Lipinski definition) is 3. The quantitative estimate of drug-likeness (QED) is 0.620. The van der Waals surface area contributed by atoms with E-state index in [-0.39, 0.29) is 50.9 Å². The molecule has 2 atom stereocenters. The lowest BCUT2D eigenvalue weighted by atomic mass is 10.1. The molecule has 12 heteroatoms. The number of rotatable bonds is 4. The fourth-order valence-electron chi connectivity index (χ4n) is 2.50. The third kappa shape index (κ3) is 3.22. The number of carbonyl (C=O) groups excluding carboxylic acids is 3. The van der Waals surface area contributed by atoms with Gasteiger partial charge in [-0.25, -0.2) is 4.79 Å². The average molecular weight is 383 g/mol. The van der Waals surface area contributed by atoms with Gasteiger partial charge < -0.3 is 15.7 Å². The highest BCUT2D eigenvalue weighted by molar-refractivity contribution is 8.01. The van der Waals surface area contributed by atoms with Gasteiger partial charge >= 0.3 is 5.97 Å². The first-order chi connectivity index (χ1) is 11.8. The zero-order valence-electron chi connectivity index (χ0n) is 13.1. The molecular formula is C13H13N5O5S2. The van der Waals surface area contributed by atoms with E-state index in [1.54, 1.807) is 0 Å². The number of β-lactam (4-membered cyclic amide) rings is 1. The molecule has 1 fully saturated rings. The van der Waals surface area contributed by atoms with Gasteiger partial charge in [0.2, 0.25) is 22.9 Å². The Morgan fingerprint density at radius 2 is 1.96 bits per heavy atom. The topological polar surface area (TPSA) is 142 Å². The summed E-state index contributed by atoms with van der Waals surface area (Å²) >= 11 is 2.23. The minimum absolute atomic E-state index is 0.186. The first-order valence-corrected chi connectivity index (χ1v) is 8.87. The zero-order chi connectivity index (χ0) is 18.3. The van der Waals surface area contributed by atoms with Crippen LogP contribution in [0.5, 0.6) is 0 Å². The summed E-state index contributed by atoms with van der Waals surface area (Å²) in [5, 5.41) is 21.9. The number of aromatic nitrogens is 2. The minimum Gasteiger partial charge on any atom is -0.477 e. The van der Waals surface area contributed by atoms with E-state index in [4.69, 9.17) is 0 Å². The molecule has 1 saturated heterocycles. The fourth-order valence-corrected chi connectivity index (χ4v) is 4.93. The smallest absolute Gasteiger partial charge is 0.353 e. The normalized spacial score (nSPS) is 22.2. The van der Waals surface area contributed by atoms with Crippen LogP contribution in [0.25, 0.3) is 5.57 Å². The Labute approximate surface area is 149 Å². The van der Waals surface area contributed by atoms with E-state index in [1.165, 1.54) is 30.5 Å². The number of nitrogens with zero attached hydrogens (tertiary/aromatic N) is 3. The van der Waals surface area contributed by atoms with Crippen LogP contribution in [0.4, 0.5) is 5.13 Å². The standard InChI is InChI=1S/C13H13N5O5S2/c1-4(19)14-10-8(11-16-17-13(25-11)15-5(2)20)9(12(22)23)18-6(21)3-7(18)24-10/h7,10H,3H2,1-2H3,(H,14,19)(H,22,23)(H,15,17,20)/t7-,10?/m1/s1. The summed E-state index contributed by atoms with van der Waals surface area (Å²) in [7, 11) is 0. The molecule has 0 saturated carbocycles. The lowest BCUT2D eigenvalue weighted by molar-refractivity contribution is -0.145. The molecule has 0 spiro atoms. The molecule has 10 nitrogen and oxygen atoms in total. The van der Waals surface area contributed by atoms with Crippen molar-refractivity contribution < 1.29 is 24.3 Å². The Morgan fingerprint density at radius 3 is 2.52 bits per heavy atom. The van der Waals surface area contributed by atoms with E-state index >= 15 is 0 Å². The van der Waals surface area contributed by atoms with Gasteiger partial charge in [0.15, 0.2) is 5.01 Å². The number of carboxylic acid groups (broad SMARTS) is 1. The molecule has 0 radical (unpaired) electrons. The molecular weight excluding hydrogens is 370 g/mol. The molecule has 1 aromatic rings. The van der Waals surface area contributed by atoms with Crippen LogP contribution < -0.4 is 10.6 Å². The van der Waals surface area contributed by atoms with Gasteiger partial charge in [-0.1, -0.05) is 11.3 Å². The second-order valence-corrected chi connectivity index (χ2v) is 7.57. The zero-order valence-corrected chi connectivity index (χ0v) is 14.7. The van der Waals surface area contributed by atoms with E-state index in [0.29, 0.717) is 0 Å². The Hall–Kier alpha value is -2.47. The van der Waals surface area contributed by atoms with Gasteiger partial charge in [0.1, 0.15) is 11.1 Å². The minimum atomic E-state index is -1.29. The maximum Gasteiger partial charge on any atom is 0.353 e. The number of carboxylic acids is 1. The van der Waals surface area contributed by atoms with Crippen LogP contribution in [0.1, 0.15) is 25.3 Å². The maximum atomic E-state index is 11.9. The number of hydrogen-bond acceptors (Lipinski definition) is 8. The fraction of sp³-hybridized carbons (Fsp3) is 0.385. The summed E-state index contributed by atoms with van der Waals surface area (Å²) in [6.07, 6.45) is 0.206. The molecule has 1 aromatic heterocycles. The summed E-state index contributed by atoms with van der Waals surface area (Å²) in [4.78, 5) is 47.5. The summed E-state index contributed by atoms with van der Waals surface area (Å²) in [5.74, 6) is -2.28. The highest BCUT2D eigenvalue weighted by Gasteiger charge is 2.49. The number of anilines is 1. The van der Waals surface area contributed by atoms with Gasteiger partial charge in [0.25, 0.3) is 0 Å². The molecule has 132 valence electrons. The summed E-state index contributed by atoms with van der Waals surface area (Å²) in [5.41, 5.74) is -0.0321. The van der Waals surface area contributed by atoms with Gasteiger partial charge in [-0.05, 0) is 0 Å². The molecule has 3 heterocycles. The molecule has 0 aliphatic carbocycles. The van der Waals surface area contributed by atoms with Crippen molar-refractivity contribution in [1.29, 1.82) is 0 Å². The lowest BCUT2D eigenvalue weighted by Gasteiger charge is -2.46. The van der Waals surface area contributed by atoms with Gasteiger partial charge in [-0.3, -0.25) is 19.3 Å². The van der Waals surface area contributed by atoms with Crippen molar-refractivity contribution in [1.82, 2.24) is 20.4 Å². The number of nitrogens with one attached hydrogen (secondary N) is 2. The summed E-state index contributed by atoms with van der Waals surface area (Å²) in [6, 6.07) is 0. The van der Waals surface area contributed by atoms with Crippen molar-refractivity contribution in [3.63, 3.8) is 0 Å². The third-order valence-corrected chi connectivity index (χ3v) is 5.62. The maximum absolute atomic E-state index is 11.9. The van der Waals surface area contributed by atoms with Crippen LogP contribution in [0, 0.1) is 0 Å². The van der Waals surface area contributed by atoms with Gasteiger partial charge in [-0.2, -0.15) is 0 Å². The number of aliphatic carboxylic acids is 1. The molecule has 3 amide bonds. The van der Waals surface area contributed by atoms with Crippen LogP contribution in [-0.4, -0.2) is 54.6 Å². The second-order valence-electron chi connectivity index (χ2n) is 5.30. The summed E-state index contributed by atoms with van der Waals surface area (Å²) in [6.45, 7) is 2.63. The second kappa shape index (κ2) is 6.44. The van der Waals surface area contributed by atoms with E-state index in [1.807, 2.05) is 0 Å². The van der Waals surface area contributed by atoms with Crippen LogP contribution in [0.2, 0.25) is 0 Å². The number of amides is 3.